The van der Waals surface area contributed by atoms with Gasteiger partial charge in [0.2, 0.25) is 0 Å². The number of carbonyl (C=O) groups excluding carboxylic acids is 3. The highest BCUT2D eigenvalue weighted by Gasteiger charge is 2.25. The Morgan fingerprint density at radius 2 is 0.923 bits per heavy atom. The molecule has 26 heavy (non-hydrogen) atoms. The zero-order valence-electron chi connectivity index (χ0n) is 17.7. The monoisotopic (exact) mass is 373 g/mol. The summed E-state index contributed by atoms with van der Waals surface area (Å²) in [6, 6.07) is 0. The third kappa shape index (κ3) is 13.5. The Kier molecular flexibility index (Phi) is 8.60. The summed E-state index contributed by atoms with van der Waals surface area (Å²) in [6.45, 7) is 16.1. The predicted molar refractivity (Wildman–Crippen MR) is 98.7 cm³/mol. The standard InChI is InChI=1S/C19H35NO6/c1-17(2,3)24-14(21)10-12-20(16(23)26-19(7,8)9)13-11-15(22)25-18(4,5)6/h10-13H2,1-9H3. The lowest BCUT2D eigenvalue weighted by atomic mass is 10.2. The number of amides is 1. The maximum absolute atomic E-state index is 12.4. The fraction of sp³-hybridized carbons (Fsp3) is 0.842. The first kappa shape index (κ1) is 24.2. The molecule has 0 aromatic carbocycles. The maximum Gasteiger partial charge on any atom is 0.410 e. The molecule has 0 aliphatic carbocycles. The minimum Gasteiger partial charge on any atom is -0.460 e. The summed E-state index contributed by atoms with van der Waals surface area (Å²) >= 11 is 0. The second-order valence-electron chi connectivity index (χ2n) is 9.14. The number of hydrogen-bond acceptors (Lipinski definition) is 6. The second-order valence-corrected chi connectivity index (χ2v) is 9.14. The Morgan fingerprint density at radius 3 is 1.19 bits per heavy atom. The first-order valence-corrected chi connectivity index (χ1v) is 8.90. The Labute approximate surface area is 157 Å². The van der Waals surface area contributed by atoms with Crippen molar-refractivity contribution in [2.24, 2.45) is 0 Å². The molecule has 0 aliphatic heterocycles. The van der Waals surface area contributed by atoms with E-state index in [1.165, 1.54) is 4.90 Å². The topological polar surface area (TPSA) is 82.1 Å². The smallest absolute Gasteiger partial charge is 0.410 e. The molecule has 1 amide bonds. The molecule has 0 unspecified atom stereocenters. The molecule has 0 aromatic heterocycles. The first-order chi connectivity index (χ1) is 11.5. The van der Waals surface area contributed by atoms with Gasteiger partial charge in [-0.25, -0.2) is 4.79 Å². The van der Waals surface area contributed by atoms with Gasteiger partial charge < -0.3 is 19.1 Å². The van der Waals surface area contributed by atoms with E-state index in [1.54, 1.807) is 62.3 Å². The van der Waals surface area contributed by atoms with Gasteiger partial charge in [-0.2, -0.15) is 0 Å². The molecule has 7 nitrogen and oxygen atoms in total. The average molecular weight is 373 g/mol. The Hall–Kier alpha value is -1.79. The third-order valence-corrected chi connectivity index (χ3v) is 2.66. The van der Waals surface area contributed by atoms with E-state index in [-0.39, 0.29) is 25.9 Å². The van der Waals surface area contributed by atoms with E-state index in [0.29, 0.717) is 0 Å². The van der Waals surface area contributed by atoms with Crippen molar-refractivity contribution in [3.05, 3.63) is 0 Å². The third-order valence-electron chi connectivity index (χ3n) is 2.66. The molecule has 0 rings (SSSR count). The van der Waals surface area contributed by atoms with Gasteiger partial charge in [-0.15, -0.1) is 0 Å². The van der Waals surface area contributed by atoms with Crippen molar-refractivity contribution < 1.29 is 28.6 Å². The van der Waals surface area contributed by atoms with Crippen LogP contribution in [-0.2, 0) is 23.8 Å². The van der Waals surface area contributed by atoms with Crippen LogP contribution in [0.5, 0.6) is 0 Å². The molecule has 0 N–H and O–H groups in total. The minimum absolute atomic E-state index is 0.0187. The summed E-state index contributed by atoms with van der Waals surface area (Å²) in [5.41, 5.74) is -1.86. The van der Waals surface area contributed by atoms with Crippen LogP contribution >= 0.6 is 0 Å². The van der Waals surface area contributed by atoms with Gasteiger partial charge in [0.15, 0.2) is 0 Å². The molecule has 152 valence electrons. The van der Waals surface area contributed by atoms with E-state index in [2.05, 4.69) is 0 Å². The van der Waals surface area contributed by atoms with Crippen LogP contribution in [-0.4, -0.2) is 52.8 Å². The molecule has 0 radical (unpaired) electrons. The largest absolute Gasteiger partial charge is 0.460 e. The number of hydrogen-bond donors (Lipinski definition) is 0. The molecule has 0 saturated carbocycles. The van der Waals surface area contributed by atoms with Crippen molar-refractivity contribution in [2.75, 3.05) is 13.1 Å². The fourth-order valence-corrected chi connectivity index (χ4v) is 1.86. The molecule has 0 aromatic rings. The van der Waals surface area contributed by atoms with Crippen LogP contribution in [0.3, 0.4) is 0 Å². The summed E-state index contributed by atoms with van der Waals surface area (Å²) in [7, 11) is 0. The Bertz CT molecular complexity index is 462. The van der Waals surface area contributed by atoms with E-state index in [1.807, 2.05) is 0 Å². The van der Waals surface area contributed by atoms with Crippen LogP contribution in [0.2, 0.25) is 0 Å². The fourth-order valence-electron chi connectivity index (χ4n) is 1.86. The lowest BCUT2D eigenvalue weighted by Crippen LogP contribution is -2.40. The molecular formula is C19H35NO6. The molecule has 0 fully saturated rings. The number of carbonyl (C=O) groups is 3. The number of rotatable bonds is 6. The van der Waals surface area contributed by atoms with E-state index in [0.717, 1.165) is 0 Å². The van der Waals surface area contributed by atoms with Crippen molar-refractivity contribution >= 4 is 18.0 Å². The highest BCUT2D eigenvalue weighted by molar-refractivity contribution is 5.74. The molecule has 0 bridgehead atoms. The van der Waals surface area contributed by atoms with Gasteiger partial charge in [-0.3, -0.25) is 9.59 Å². The van der Waals surface area contributed by atoms with E-state index < -0.39 is 34.8 Å². The SMILES string of the molecule is CC(C)(C)OC(=O)CCN(CCC(=O)OC(C)(C)C)C(=O)OC(C)(C)C. The van der Waals surface area contributed by atoms with E-state index in [4.69, 9.17) is 14.2 Å². The molecule has 0 aliphatic rings. The van der Waals surface area contributed by atoms with Gasteiger partial charge in [0, 0.05) is 13.1 Å². The minimum atomic E-state index is -0.673. The van der Waals surface area contributed by atoms with Crippen LogP contribution in [0.4, 0.5) is 4.79 Å². The molecule has 7 heteroatoms. The van der Waals surface area contributed by atoms with Crippen LogP contribution < -0.4 is 0 Å². The van der Waals surface area contributed by atoms with Crippen LogP contribution in [0, 0.1) is 0 Å². The van der Waals surface area contributed by atoms with Crippen molar-refractivity contribution in [3.63, 3.8) is 0 Å². The van der Waals surface area contributed by atoms with E-state index in [9.17, 15) is 14.4 Å². The lowest BCUT2D eigenvalue weighted by Gasteiger charge is -2.28. The van der Waals surface area contributed by atoms with E-state index >= 15 is 0 Å². The van der Waals surface area contributed by atoms with Crippen molar-refractivity contribution in [3.8, 4) is 0 Å². The Balaban J connectivity index is 4.83. The predicted octanol–water partition coefficient (Wildman–Crippen LogP) is 3.69. The highest BCUT2D eigenvalue weighted by Crippen LogP contribution is 2.14. The summed E-state index contributed by atoms with van der Waals surface area (Å²) in [5, 5.41) is 0. The molecule has 0 heterocycles. The molecule has 0 atom stereocenters. The van der Waals surface area contributed by atoms with Crippen molar-refractivity contribution in [1.29, 1.82) is 0 Å². The van der Waals surface area contributed by atoms with Gasteiger partial charge in [0.05, 0.1) is 12.8 Å². The summed E-state index contributed by atoms with van der Waals surface area (Å²) in [6.07, 6.45) is -0.542. The zero-order chi connectivity index (χ0) is 20.8. The highest BCUT2D eigenvalue weighted by atomic mass is 16.6. The van der Waals surface area contributed by atoms with Gasteiger partial charge in [0.25, 0.3) is 0 Å². The quantitative estimate of drug-likeness (QED) is 0.522. The maximum atomic E-state index is 12.4. The van der Waals surface area contributed by atoms with Crippen molar-refractivity contribution in [1.82, 2.24) is 4.90 Å². The normalized spacial score (nSPS) is 12.3. The van der Waals surface area contributed by atoms with Gasteiger partial charge in [-0.05, 0) is 62.3 Å². The average Bonchev–Trinajstić information content (AvgIpc) is 2.31. The summed E-state index contributed by atoms with van der Waals surface area (Å²) in [4.78, 5) is 37.5. The lowest BCUT2D eigenvalue weighted by molar-refractivity contribution is -0.155. The first-order valence-electron chi connectivity index (χ1n) is 8.90. The molecule has 0 spiro atoms. The summed E-state index contributed by atoms with van der Waals surface area (Å²) in [5.74, 6) is -0.827. The summed E-state index contributed by atoms with van der Waals surface area (Å²) < 4.78 is 15.9. The van der Waals surface area contributed by atoms with Gasteiger partial charge in [-0.1, -0.05) is 0 Å². The van der Waals surface area contributed by atoms with Gasteiger partial charge in [0.1, 0.15) is 16.8 Å². The van der Waals surface area contributed by atoms with Crippen molar-refractivity contribution in [2.45, 2.75) is 92.0 Å². The van der Waals surface area contributed by atoms with Crippen LogP contribution in [0.1, 0.15) is 75.2 Å². The second kappa shape index (κ2) is 9.24. The number of esters is 2. The number of ether oxygens (including phenoxy) is 3. The zero-order valence-corrected chi connectivity index (χ0v) is 17.7. The molecular weight excluding hydrogens is 338 g/mol. The van der Waals surface area contributed by atoms with Crippen LogP contribution in [0.15, 0.2) is 0 Å². The Morgan fingerprint density at radius 1 is 0.615 bits per heavy atom. The molecule has 0 saturated heterocycles. The number of nitrogens with zero attached hydrogens (tertiary/aromatic N) is 1. The van der Waals surface area contributed by atoms with Crippen LogP contribution in [0.25, 0.3) is 0 Å². The van der Waals surface area contributed by atoms with Gasteiger partial charge >= 0.3 is 18.0 Å².